The van der Waals surface area contributed by atoms with E-state index in [-0.39, 0.29) is 0 Å². The lowest BCUT2D eigenvalue weighted by molar-refractivity contribution is 0.117. The lowest BCUT2D eigenvalue weighted by Gasteiger charge is -2.28. The van der Waals surface area contributed by atoms with E-state index in [0.29, 0.717) is 17.8 Å². The van der Waals surface area contributed by atoms with Crippen LogP contribution < -0.4 is 16.0 Å². The van der Waals surface area contributed by atoms with Crippen molar-refractivity contribution in [2.45, 2.75) is 45.1 Å². The van der Waals surface area contributed by atoms with Crippen LogP contribution in [0.1, 0.15) is 39.0 Å². The molecule has 2 unspecified atom stereocenters. The molecule has 2 atom stereocenters. The van der Waals surface area contributed by atoms with Crippen LogP contribution in [0.4, 0.5) is 5.82 Å². The summed E-state index contributed by atoms with van der Waals surface area (Å²) in [6.07, 6.45) is 6.45. The van der Waals surface area contributed by atoms with Gasteiger partial charge in [0.15, 0.2) is 0 Å². The minimum absolute atomic E-state index is 0.314. The summed E-state index contributed by atoms with van der Waals surface area (Å²) in [5.74, 6) is 7.45. The van der Waals surface area contributed by atoms with Crippen LogP contribution in [0.25, 0.3) is 0 Å². The summed E-state index contributed by atoms with van der Waals surface area (Å²) >= 11 is 0. The molecule has 0 radical (unpaired) electrons. The number of rotatable bonds is 4. The van der Waals surface area contributed by atoms with Crippen LogP contribution in [0.2, 0.25) is 0 Å². The topological polar surface area (TPSA) is 60.2 Å². The van der Waals surface area contributed by atoms with E-state index in [1.54, 1.807) is 0 Å². The van der Waals surface area contributed by atoms with Gasteiger partial charge in [0.1, 0.15) is 11.9 Å². The van der Waals surface area contributed by atoms with E-state index in [4.69, 9.17) is 10.6 Å². The fourth-order valence-corrected chi connectivity index (χ4v) is 2.45. The van der Waals surface area contributed by atoms with Crippen molar-refractivity contribution in [2.75, 3.05) is 5.43 Å². The van der Waals surface area contributed by atoms with Crippen molar-refractivity contribution in [1.82, 2.24) is 4.98 Å². The third kappa shape index (κ3) is 3.33. The number of pyridine rings is 1. The lowest BCUT2D eigenvalue weighted by atomic mass is 9.85. The fraction of sp³-hybridized carbons (Fsp3) is 0.615. The van der Waals surface area contributed by atoms with Crippen molar-refractivity contribution >= 4 is 5.82 Å². The van der Waals surface area contributed by atoms with Gasteiger partial charge in [0, 0.05) is 6.07 Å². The van der Waals surface area contributed by atoms with Crippen molar-refractivity contribution in [3.63, 3.8) is 0 Å². The number of nitrogens with zero attached hydrogens (tertiary/aromatic N) is 1. The van der Waals surface area contributed by atoms with Gasteiger partial charge in [-0.3, -0.25) is 0 Å². The molecule has 4 nitrogen and oxygen atoms in total. The molecular weight excluding hydrogens is 214 g/mol. The Morgan fingerprint density at radius 3 is 3.12 bits per heavy atom. The van der Waals surface area contributed by atoms with Gasteiger partial charge in [-0.05, 0) is 31.2 Å². The van der Waals surface area contributed by atoms with Gasteiger partial charge in [0.05, 0.1) is 0 Å². The Balaban J connectivity index is 1.95. The summed E-state index contributed by atoms with van der Waals surface area (Å²) < 4.78 is 5.92. The first-order valence-electron chi connectivity index (χ1n) is 6.42. The molecule has 0 aromatic carbocycles. The zero-order chi connectivity index (χ0) is 12.1. The Kier molecular flexibility index (Phi) is 4.20. The van der Waals surface area contributed by atoms with Crippen LogP contribution in [-0.2, 0) is 0 Å². The number of hydrogen-bond donors (Lipinski definition) is 2. The normalized spacial score (nSPS) is 24.4. The molecule has 1 saturated carbocycles. The summed E-state index contributed by atoms with van der Waals surface area (Å²) in [7, 11) is 0. The molecule has 1 aliphatic rings. The van der Waals surface area contributed by atoms with Gasteiger partial charge in [-0.1, -0.05) is 25.8 Å². The molecule has 0 saturated heterocycles. The highest BCUT2D eigenvalue weighted by Gasteiger charge is 2.22. The average Bonchev–Trinajstić information content (AvgIpc) is 2.39. The van der Waals surface area contributed by atoms with Crippen molar-refractivity contribution in [1.29, 1.82) is 0 Å². The van der Waals surface area contributed by atoms with Crippen LogP contribution in [0, 0.1) is 5.92 Å². The van der Waals surface area contributed by atoms with Crippen molar-refractivity contribution < 1.29 is 4.74 Å². The smallest absolute Gasteiger partial charge is 0.215 e. The maximum atomic E-state index is 5.92. The van der Waals surface area contributed by atoms with Crippen molar-refractivity contribution in [3.8, 4) is 5.88 Å². The first kappa shape index (κ1) is 12.2. The van der Waals surface area contributed by atoms with Crippen LogP contribution in [-0.4, -0.2) is 11.1 Å². The number of aromatic nitrogens is 1. The Morgan fingerprint density at radius 1 is 1.47 bits per heavy atom. The third-order valence-corrected chi connectivity index (χ3v) is 3.47. The summed E-state index contributed by atoms with van der Waals surface area (Å²) in [5.41, 5.74) is 2.53. The van der Waals surface area contributed by atoms with Crippen LogP contribution in [0.5, 0.6) is 5.88 Å². The van der Waals surface area contributed by atoms with Crippen molar-refractivity contribution in [2.24, 2.45) is 11.8 Å². The lowest BCUT2D eigenvalue weighted by Crippen LogP contribution is -2.25. The minimum Gasteiger partial charge on any atom is -0.474 e. The highest BCUT2D eigenvalue weighted by Crippen LogP contribution is 2.29. The molecule has 1 aliphatic carbocycles. The molecule has 94 valence electrons. The number of nitrogens with one attached hydrogen (secondary N) is 1. The third-order valence-electron chi connectivity index (χ3n) is 3.47. The quantitative estimate of drug-likeness (QED) is 0.622. The molecule has 3 N–H and O–H groups in total. The molecule has 1 aromatic heterocycles. The average molecular weight is 235 g/mol. The number of ether oxygens (including phenoxy) is 1. The van der Waals surface area contributed by atoms with Gasteiger partial charge < -0.3 is 10.2 Å². The first-order valence-corrected chi connectivity index (χ1v) is 6.42. The summed E-state index contributed by atoms with van der Waals surface area (Å²) in [4.78, 5) is 4.28. The highest BCUT2D eigenvalue weighted by atomic mass is 16.5. The monoisotopic (exact) mass is 235 g/mol. The SMILES string of the molecule is CCC1CCCC(Oc2cccc(NN)n2)C1. The summed E-state index contributed by atoms with van der Waals surface area (Å²) in [5, 5.41) is 0. The van der Waals surface area contributed by atoms with E-state index in [1.165, 1.54) is 19.3 Å². The van der Waals surface area contributed by atoms with Gasteiger partial charge >= 0.3 is 0 Å². The maximum Gasteiger partial charge on any atom is 0.215 e. The summed E-state index contributed by atoms with van der Waals surface area (Å²) in [6, 6.07) is 5.61. The second-order valence-electron chi connectivity index (χ2n) is 4.69. The molecule has 17 heavy (non-hydrogen) atoms. The maximum absolute atomic E-state index is 5.92. The summed E-state index contributed by atoms with van der Waals surface area (Å²) in [6.45, 7) is 2.25. The molecule has 2 rings (SSSR count). The molecule has 0 spiro atoms. The first-order chi connectivity index (χ1) is 8.31. The Morgan fingerprint density at radius 2 is 2.35 bits per heavy atom. The Labute approximate surface area is 103 Å². The Bertz CT molecular complexity index is 356. The number of nitrogen functional groups attached to an aromatic ring is 1. The van der Waals surface area contributed by atoms with Gasteiger partial charge in [-0.15, -0.1) is 0 Å². The predicted molar refractivity (Wildman–Crippen MR) is 68.7 cm³/mol. The van der Waals surface area contributed by atoms with Crippen LogP contribution in [0.15, 0.2) is 18.2 Å². The number of nitrogens with two attached hydrogens (primary N) is 1. The van der Waals surface area contributed by atoms with E-state index in [1.807, 2.05) is 18.2 Å². The van der Waals surface area contributed by atoms with E-state index in [0.717, 1.165) is 18.8 Å². The van der Waals surface area contributed by atoms with Gasteiger partial charge in [0.25, 0.3) is 0 Å². The van der Waals surface area contributed by atoms with Crippen molar-refractivity contribution in [3.05, 3.63) is 18.2 Å². The number of hydrogen-bond acceptors (Lipinski definition) is 4. The number of anilines is 1. The minimum atomic E-state index is 0.314. The zero-order valence-corrected chi connectivity index (χ0v) is 10.4. The zero-order valence-electron chi connectivity index (χ0n) is 10.4. The van der Waals surface area contributed by atoms with E-state index < -0.39 is 0 Å². The molecule has 4 heteroatoms. The molecule has 0 amide bonds. The van der Waals surface area contributed by atoms with E-state index in [2.05, 4.69) is 17.3 Å². The van der Waals surface area contributed by atoms with Gasteiger partial charge in [-0.2, -0.15) is 4.98 Å². The van der Waals surface area contributed by atoms with Crippen LogP contribution >= 0.6 is 0 Å². The molecular formula is C13H21N3O. The van der Waals surface area contributed by atoms with E-state index in [9.17, 15) is 0 Å². The van der Waals surface area contributed by atoms with Gasteiger partial charge in [-0.25, -0.2) is 5.84 Å². The molecule has 1 heterocycles. The predicted octanol–water partition coefficient (Wildman–Crippen LogP) is 2.71. The largest absolute Gasteiger partial charge is 0.474 e. The molecule has 0 aliphatic heterocycles. The second-order valence-corrected chi connectivity index (χ2v) is 4.69. The highest BCUT2D eigenvalue weighted by molar-refractivity contribution is 5.35. The molecule has 0 bridgehead atoms. The van der Waals surface area contributed by atoms with Gasteiger partial charge in [0.2, 0.25) is 5.88 Å². The fourth-order valence-electron chi connectivity index (χ4n) is 2.45. The Hall–Kier alpha value is -1.29. The molecule has 1 fully saturated rings. The second kappa shape index (κ2) is 5.87. The van der Waals surface area contributed by atoms with Crippen LogP contribution in [0.3, 0.4) is 0 Å². The van der Waals surface area contributed by atoms with E-state index >= 15 is 0 Å². The number of hydrazine groups is 1. The standard InChI is InChI=1S/C13H21N3O/c1-2-10-5-3-6-11(9-10)17-13-8-4-7-12(15-13)16-14/h4,7-8,10-11H,2-3,5-6,9,14H2,1H3,(H,15,16). The molecule has 1 aromatic rings.